The Bertz CT molecular complexity index is 517. The van der Waals surface area contributed by atoms with Crippen molar-refractivity contribution in [3.63, 3.8) is 0 Å². The zero-order chi connectivity index (χ0) is 14.4. The summed E-state index contributed by atoms with van der Waals surface area (Å²) in [6.45, 7) is 5.94. The zero-order valence-corrected chi connectivity index (χ0v) is 11.6. The highest BCUT2D eigenvalue weighted by molar-refractivity contribution is 5.91. The lowest BCUT2D eigenvalue weighted by atomic mass is 10.1. The molecular formula is C14H19NO4. The van der Waals surface area contributed by atoms with Gasteiger partial charge >= 0.3 is 5.97 Å². The number of carbonyl (C=O) groups is 2. The van der Waals surface area contributed by atoms with Crippen molar-refractivity contribution in [1.82, 2.24) is 4.90 Å². The third-order valence-electron chi connectivity index (χ3n) is 4.11. The molecule has 1 N–H and O–H groups in total. The van der Waals surface area contributed by atoms with Gasteiger partial charge in [0, 0.05) is 19.2 Å². The van der Waals surface area contributed by atoms with Crippen LogP contribution in [0.4, 0.5) is 0 Å². The van der Waals surface area contributed by atoms with Crippen LogP contribution in [0.1, 0.15) is 25.2 Å². The number of aliphatic carboxylic acids is 1. The minimum atomic E-state index is -0.892. The first-order valence-electron chi connectivity index (χ1n) is 6.27. The molecule has 0 saturated heterocycles. The number of rotatable bonds is 4. The molecule has 2 atom stereocenters. The van der Waals surface area contributed by atoms with Crippen molar-refractivity contribution in [2.75, 3.05) is 7.05 Å². The smallest absolute Gasteiger partial charge is 0.307 e. The van der Waals surface area contributed by atoms with Crippen LogP contribution in [0.25, 0.3) is 0 Å². The van der Waals surface area contributed by atoms with E-state index in [4.69, 9.17) is 9.52 Å². The van der Waals surface area contributed by atoms with Gasteiger partial charge in [0.2, 0.25) is 5.91 Å². The van der Waals surface area contributed by atoms with E-state index >= 15 is 0 Å². The molecule has 5 heteroatoms. The minimum Gasteiger partial charge on any atom is -0.481 e. The summed E-state index contributed by atoms with van der Waals surface area (Å²) in [6, 6.07) is 1.83. The quantitative estimate of drug-likeness (QED) is 0.902. The predicted molar refractivity (Wildman–Crippen MR) is 68.3 cm³/mol. The standard InChI is InChI=1S/C14H19NO4/c1-8-9(5-6-19-8)7-15(4)12(16)10-11(13(17)18)14(10,2)3/h5-6,10-11H,7H2,1-4H3,(H,17,18)/t10-,11+/m0/s1. The first-order chi connectivity index (χ1) is 8.76. The Hall–Kier alpha value is -1.78. The average molecular weight is 265 g/mol. The maximum absolute atomic E-state index is 12.3. The van der Waals surface area contributed by atoms with Crippen LogP contribution >= 0.6 is 0 Å². The number of nitrogens with zero attached hydrogens (tertiary/aromatic N) is 1. The van der Waals surface area contributed by atoms with Crippen molar-refractivity contribution in [2.24, 2.45) is 17.3 Å². The summed E-state index contributed by atoms with van der Waals surface area (Å²) < 4.78 is 5.19. The monoisotopic (exact) mass is 265 g/mol. The van der Waals surface area contributed by atoms with Gasteiger partial charge in [-0.3, -0.25) is 9.59 Å². The summed E-state index contributed by atoms with van der Waals surface area (Å²) in [5.74, 6) is -1.23. The third kappa shape index (κ3) is 2.25. The lowest BCUT2D eigenvalue weighted by Crippen LogP contribution is -2.29. The highest BCUT2D eigenvalue weighted by Gasteiger charge is 2.66. The van der Waals surface area contributed by atoms with Gasteiger partial charge in [0.25, 0.3) is 0 Å². The molecule has 1 fully saturated rings. The lowest BCUT2D eigenvalue weighted by Gasteiger charge is -2.17. The molecule has 2 rings (SSSR count). The van der Waals surface area contributed by atoms with Gasteiger partial charge in [-0.15, -0.1) is 0 Å². The molecule has 0 bridgehead atoms. The van der Waals surface area contributed by atoms with E-state index in [-0.39, 0.29) is 5.91 Å². The summed E-state index contributed by atoms with van der Waals surface area (Å²) in [4.78, 5) is 25.0. The second-order valence-corrected chi connectivity index (χ2v) is 5.81. The van der Waals surface area contributed by atoms with Crippen LogP contribution in [0, 0.1) is 24.2 Å². The van der Waals surface area contributed by atoms with E-state index < -0.39 is 23.2 Å². The summed E-state index contributed by atoms with van der Waals surface area (Å²) in [5.41, 5.74) is 0.490. The number of amides is 1. The maximum Gasteiger partial charge on any atom is 0.307 e. The Morgan fingerprint density at radius 2 is 2.05 bits per heavy atom. The molecule has 5 nitrogen and oxygen atoms in total. The summed E-state index contributed by atoms with van der Waals surface area (Å²) in [6.07, 6.45) is 1.59. The summed E-state index contributed by atoms with van der Waals surface area (Å²) in [5, 5.41) is 9.11. The Kier molecular flexibility index (Phi) is 3.16. The fraction of sp³-hybridized carbons (Fsp3) is 0.571. The van der Waals surface area contributed by atoms with Gasteiger partial charge in [0.1, 0.15) is 5.76 Å². The van der Waals surface area contributed by atoms with Crippen LogP contribution in [0.2, 0.25) is 0 Å². The average Bonchev–Trinajstić information content (AvgIpc) is 2.66. The van der Waals surface area contributed by atoms with Gasteiger partial charge in [-0.25, -0.2) is 0 Å². The number of carbonyl (C=O) groups excluding carboxylic acids is 1. The minimum absolute atomic E-state index is 0.113. The molecule has 1 heterocycles. The molecule has 1 aliphatic carbocycles. The fourth-order valence-corrected chi connectivity index (χ4v) is 2.71. The molecule has 0 unspecified atom stereocenters. The SMILES string of the molecule is Cc1occc1CN(C)C(=O)[C@@H]1[C@H](C(=O)O)C1(C)C. The van der Waals surface area contributed by atoms with Crippen molar-refractivity contribution in [1.29, 1.82) is 0 Å². The van der Waals surface area contributed by atoms with Crippen LogP contribution in [-0.4, -0.2) is 28.9 Å². The van der Waals surface area contributed by atoms with Crippen LogP contribution in [0.15, 0.2) is 16.7 Å². The van der Waals surface area contributed by atoms with E-state index in [1.54, 1.807) is 18.2 Å². The van der Waals surface area contributed by atoms with Crippen molar-refractivity contribution >= 4 is 11.9 Å². The Labute approximate surface area is 112 Å². The predicted octanol–water partition coefficient (Wildman–Crippen LogP) is 1.90. The zero-order valence-electron chi connectivity index (χ0n) is 11.6. The van der Waals surface area contributed by atoms with Crippen LogP contribution in [-0.2, 0) is 16.1 Å². The molecule has 104 valence electrons. The van der Waals surface area contributed by atoms with Crippen molar-refractivity contribution in [3.05, 3.63) is 23.7 Å². The van der Waals surface area contributed by atoms with E-state index in [1.165, 1.54) is 0 Å². The highest BCUT2D eigenvalue weighted by atomic mass is 16.4. The molecule has 0 spiro atoms. The largest absolute Gasteiger partial charge is 0.481 e. The molecule has 1 aliphatic rings. The summed E-state index contributed by atoms with van der Waals surface area (Å²) >= 11 is 0. The van der Waals surface area contributed by atoms with Crippen LogP contribution < -0.4 is 0 Å². The van der Waals surface area contributed by atoms with E-state index in [0.717, 1.165) is 11.3 Å². The molecule has 1 amide bonds. The van der Waals surface area contributed by atoms with Crippen LogP contribution in [0.5, 0.6) is 0 Å². The highest BCUT2D eigenvalue weighted by Crippen LogP contribution is 2.59. The van der Waals surface area contributed by atoms with E-state index in [0.29, 0.717) is 6.54 Å². The lowest BCUT2D eigenvalue weighted by molar-refractivity contribution is -0.141. The molecule has 0 aliphatic heterocycles. The first kappa shape index (κ1) is 13.6. The van der Waals surface area contributed by atoms with E-state index in [9.17, 15) is 9.59 Å². The number of carboxylic acid groups (broad SMARTS) is 1. The molecule has 1 aromatic heterocycles. The van der Waals surface area contributed by atoms with Crippen molar-refractivity contribution in [2.45, 2.75) is 27.3 Å². The number of furan rings is 1. The molecule has 1 aromatic rings. The van der Waals surface area contributed by atoms with Gasteiger partial charge in [0.15, 0.2) is 0 Å². The van der Waals surface area contributed by atoms with E-state index in [1.807, 2.05) is 26.8 Å². The number of hydrogen-bond donors (Lipinski definition) is 1. The van der Waals surface area contributed by atoms with Crippen LogP contribution in [0.3, 0.4) is 0 Å². The van der Waals surface area contributed by atoms with Crippen molar-refractivity contribution in [3.8, 4) is 0 Å². The molecule has 19 heavy (non-hydrogen) atoms. The Morgan fingerprint density at radius 3 is 2.47 bits per heavy atom. The summed E-state index contributed by atoms with van der Waals surface area (Å²) in [7, 11) is 1.70. The normalized spacial score (nSPS) is 24.0. The topological polar surface area (TPSA) is 70.8 Å². The Morgan fingerprint density at radius 1 is 1.42 bits per heavy atom. The van der Waals surface area contributed by atoms with Crippen molar-refractivity contribution < 1.29 is 19.1 Å². The molecule has 0 radical (unpaired) electrons. The van der Waals surface area contributed by atoms with E-state index in [2.05, 4.69) is 0 Å². The van der Waals surface area contributed by atoms with Gasteiger partial charge in [-0.1, -0.05) is 13.8 Å². The number of aryl methyl sites for hydroxylation is 1. The molecule has 1 saturated carbocycles. The second-order valence-electron chi connectivity index (χ2n) is 5.81. The second kappa shape index (κ2) is 4.40. The fourth-order valence-electron chi connectivity index (χ4n) is 2.71. The Balaban J connectivity index is 2.05. The van der Waals surface area contributed by atoms with Gasteiger partial charge in [-0.2, -0.15) is 0 Å². The molecular weight excluding hydrogens is 246 g/mol. The van der Waals surface area contributed by atoms with Gasteiger partial charge < -0.3 is 14.4 Å². The number of hydrogen-bond acceptors (Lipinski definition) is 3. The number of carboxylic acids is 1. The first-order valence-corrected chi connectivity index (χ1v) is 6.27. The molecule has 0 aromatic carbocycles. The van der Waals surface area contributed by atoms with Gasteiger partial charge in [-0.05, 0) is 18.4 Å². The third-order valence-corrected chi connectivity index (χ3v) is 4.11. The van der Waals surface area contributed by atoms with Gasteiger partial charge in [0.05, 0.1) is 18.1 Å². The maximum atomic E-state index is 12.3.